The molecule has 2 aromatic carbocycles. The minimum Gasteiger partial charge on any atom is -0.505 e. The molecule has 0 saturated carbocycles. The molecule has 1 radical (unpaired) electrons. The molecule has 0 aliphatic rings. The summed E-state index contributed by atoms with van der Waals surface area (Å²) in [6.07, 6.45) is 0.478. The number of hydrogen-bond acceptors (Lipinski definition) is 3. The fourth-order valence-electron chi connectivity index (χ4n) is 2.83. The van der Waals surface area contributed by atoms with Crippen molar-refractivity contribution in [3.05, 3.63) is 89.2 Å². The zero-order valence-electron chi connectivity index (χ0n) is 17.4. The third-order valence-corrected chi connectivity index (χ3v) is 4.13. The molecule has 0 bridgehead atoms. The molecular formula is C23H29N2O2Y-. The van der Waals surface area contributed by atoms with E-state index in [0.717, 1.165) is 16.7 Å². The van der Waals surface area contributed by atoms with Crippen LogP contribution < -0.4 is 5.56 Å². The molecule has 0 fully saturated rings. The third kappa shape index (κ3) is 5.86. The van der Waals surface area contributed by atoms with Gasteiger partial charge in [-0.05, 0) is 30.5 Å². The Labute approximate surface area is 193 Å². The van der Waals surface area contributed by atoms with E-state index in [2.05, 4.69) is 5.10 Å². The molecule has 1 aromatic heterocycles. The Kier molecular flexibility index (Phi) is 11.8. The van der Waals surface area contributed by atoms with E-state index in [-0.39, 0.29) is 51.4 Å². The second-order valence-electron chi connectivity index (χ2n) is 5.77. The van der Waals surface area contributed by atoms with Crippen LogP contribution in [0.3, 0.4) is 0 Å². The number of rotatable bonds is 4. The summed E-state index contributed by atoms with van der Waals surface area (Å²) in [6.45, 7) is 8.26. The van der Waals surface area contributed by atoms with Gasteiger partial charge in [0.2, 0.25) is 0 Å². The van der Waals surface area contributed by atoms with Gasteiger partial charge in [0, 0.05) is 45.7 Å². The molecule has 0 aliphatic heterocycles. The van der Waals surface area contributed by atoms with Crippen LogP contribution in [0.1, 0.15) is 37.6 Å². The average Bonchev–Trinajstić information content (AvgIpc) is 2.68. The van der Waals surface area contributed by atoms with Gasteiger partial charge in [-0.1, -0.05) is 68.4 Å². The van der Waals surface area contributed by atoms with Crippen molar-refractivity contribution in [2.24, 2.45) is 0 Å². The first-order valence-electron chi connectivity index (χ1n) is 9.04. The summed E-state index contributed by atoms with van der Waals surface area (Å²) in [7, 11) is 0. The summed E-state index contributed by atoms with van der Waals surface area (Å²) in [5, 5.41) is 15.1. The molecule has 0 saturated heterocycles. The van der Waals surface area contributed by atoms with Gasteiger partial charge in [0.15, 0.2) is 5.75 Å². The molecule has 147 valence electrons. The molecular weight excluding hydrogens is 425 g/mol. The van der Waals surface area contributed by atoms with Crippen LogP contribution in [0.25, 0.3) is 11.1 Å². The molecule has 0 spiro atoms. The van der Waals surface area contributed by atoms with Gasteiger partial charge in [0.1, 0.15) is 5.69 Å². The predicted molar refractivity (Wildman–Crippen MR) is 113 cm³/mol. The van der Waals surface area contributed by atoms with E-state index < -0.39 is 0 Å². The van der Waals surface area contributed by atoms with E-state index >= 15 is 0 Å². The maximum absolute atomic E-state index is 12.7. The summed E-state index contributed by atoms with van der Waals surface area (Å²) >= 11 is 0. The first kappa shape index (κ1) is 26.2. The fourth-order valence-corrected chi connectivity index (χ4v) is 2.83. The summed E-state index contributed by atoms with van der Waals surface area (Å²) in [6, 6.07) is 17.4. The van der Waals surface area contributed by atoms with Crippen LogP contribution in [-0.2, 0) is 45.7 Å². The molecule has 4 nitrogen and oxygen atoms in total. The third-order valence-electron chi connectivity index (χ3n) is 4.13. The SMILES string of the molecule is CC.CCn1nc(Cc2ccccc2)c(O)c(-c2ccccc2C)c1=O.[CH3-].[Y]. The van der Waals surface area contributed by atoms with Crippen LogP contribution in [0, 0.1) is 14.4 Å². The van der Waals surface area contributed by atoms with Crippen molar-refractivity contribution in [1.29, 1.82) is 0 Å². The van der Waals surface area contributed by atoms with Crippen LogP contribution in [0.5, 0.6) is 5.75 Å². The number of aromatic hydroxyl groups is 1. The van der Waals surface area contributed by atoms with Gasteiger partial charge in [-0.25, -0.2) is 4.68 Å². The summed E-state index contributed by atoms with van der Waals surface area (Å²) in [5.41, 5.74) is 3.32. The number of benzene rings is 2. The van der Waals surface area contributed by atoms with Gasteiger partial charge in [-0.2, -0.15) is 5.10 Å². The van der Waals surface area contributed by atoms with E-state index in [4.69, 9.17) is 0 Å². The molecule has 3 aromatic rings. The van der Waals surface area contributed by atoms with Crippen molar-refractivity contribution in [3.63, 3.8) is 0 Å². The zero-order chi connectivity index (χ0) is 19.1. The Bertz CT molecular complexity index is 922. The smallest absolute Gasteiger partial charge is 0.278 e. The van der Waals surface area contributed by atoms with Crippen molar-refractivity contribution < 1.29 is 37.8 Å². The number of hydrogen-bond donors (Lipinski definition) is 1. The Morgan fingerprint density at radius 1 is 1.00 bits per heavy atom. The van der Waals surface area contributed by atoms with Crippen LogP contribution in [0.15, 0.2) is 59.4 Å². The molecule has 0 aliphatic carbocycles. The maximum Gasteiger partial charge on any atom is 0.278 e. The average molecular weight is 454 g/mol. The maximum atomic E-state index is 12.7. The number of aryl methyl sites for hydroxylation is 2. The summed E-state index contributed by atoms with van der Waals surface area (Å²) in [4.78, 5) is 12.7. The van der Waals surface area contributed by atoms with Gasteiger partial charge in [-0.3, -0.25) is 4.79 Å². The predicted octanol–water partition coefficient (Wildman–Crippen LogP) is 5.01. The molecule has 1 N–H and O–H groups in total. The van der Waals surface area contributed by atoms with E-state index in [1.54, 1.807) is 0 Å². The largest absolute Gasteiger partial charge is 0.505 e. The summed E-state index contributed by atoms with van der Waals surface area (Å²) in [5.74, 6) is -0.0251. The van der Waals surface area contributed by atoms with Gasteiger partial charge in [0.25, 0.3) is 5.56 Å². The van der Waals surface area contributed by atoms with Crippen molar-refractivity contribution in [2.75, 3.05) is 0 Å². The quantitative estimate of drug-likeness (QED) is 0.564. The van der Waals surface area contributed by atoms with Crippen molar-refractivity contribution >= 4 is 0 Å². The standard InChI is InChI=1S/C20H20N2O2.C2H6.CH3.Y/c1-3-22-20(24)18(16-12-8-7-9-14(16)2)19(23)17(21-22)13-15-10-5-4-6-11-15;1-2;;/h4-12,23H,3,13H2,1-2H3;1-2H3;1H3;/q;;-1;. The van der Waals surface area contributed by atoms with Gasteiger partial charge in [0.05, 0.1) is 5.56 Å². The molecule has 1 heterocycles. The summed E-state index contributed by atoms with van der Waals surface area (Å²) < 4.78 is 1.42. The van der Waals surface area contributed by atoms with E-state index in [1.165, 1.54) is 4.68 Å². The normalized spacial score (nSPS) is 9.43. The molecule has 3 rings (SSSR count). The molecule has 0 unspecified atom stereocenters. The Morgan fingerprint density at radius 2 is 1.57 bits per heavy atom. The van der Waals surface area contributed by atoms with E-state index in [1.807, 2.05) is 82.3 Å². The van der Waals surface area contributed by atoms with E-state index in [0.29, 0.717) is 24.2 Å². The first-order chi connectivity index (χ1) is 12.6. The van der Waals surface area contributed by atoms with Gasteiger partial charge in [-0.15, -0.1) is 0 Å². The van der Waals surface area contributed by atoms with Crippen molar-refractivity contribution in [3.8, 4) is 16.9 Å². The Morgan fingerprint density at radius 3 is 2.14 bits per heavy atom. The molecule has 5 heteroatoms. The first-order valence-corrected chi connectivity index (χ1v) is 9.04. The van der Waals surface area contributed by atoms with Gasteiger partial charge < -0.3 is 12.5 Å². The van der Waals surface area contributed by atoms with Crippen molar-refractivity contribution in [2.45, 2.75) is 40.7 Å². The van der Waals surface area contributed by atoms with Crippen LogP contribution in [0.4, 0.5) is 0 Å². The van der Waals surface area contributed by atoms with E-state index in [9.17, 15) is 9.90 Å². The molecule has 0 amide bonds. The second kappa shape index (κ2) is 12.6. The number of aromatic nitrogens is 2. The van der Waals surface area contributed by atoms with Crippen molar-refractivity contribution in [1.82, 2.24) is 9.78 Å². The number of nitrogens with zero attached hydrogens (tertiary/aromatic N) is 2. The minimum absolute atomic E-state index is 0. The van der Waals surface area contributed by atoms with Gasteiger partial charge >= 0.3 is 0 Å². The molecule has 0 atom stereocenters. The Balaban J connectivity index is 0.00000177. The fraction of sp³-hybridized carbons (Fsp3) is 0.261. The topological polar surface area (TPSA) is 55.1 Å². The monoisotopic (exact) mass is 454 g/mol. The van der Waals surface area contributed by atoms with Crippen LogP contribution >= 0.6 is 0 Å². The Hall–Kier alpha value is -1.78. The zero-order valence-corrected chi connectivity index (χ0v) is 20.3. The minimum atomic E-state index is -0.263. The van der Waals surface area contributed by atoms with Crippen LogP contribution in [-0.4, -0.2) is 14.9 Å². The van der Waals surface area contributed by atoms with Crippen LogP contribution in [0.2, 0.25) is 0 Å². The second-order valence-corrected chi connectivity index (χ2v) is 5.77. The molecule has 28 heavy (non-hydrogen) atoms.